The molecule has 0 spiro atoms. The number of carbonyl (C=O) groups is 1. The molecular formula is C24H21FN2O2. The number of rotatable bonds is 7. The summed E-state index contributed by atoms with van der Waals surface area (Å²) in [5.74, 6) is 0.0758. The quantitative estimate of drug-likeness (QED) is 0.594. The van der Waals surface area contributed by atoms with E-state index in [1.807, 2.05) is 37.3 Å². The van der Waals surface area contributed by atoms with Crippen LogP contribution in [0, 0.1) is 24.1 Å². The summed E-state index contributed by atoms with van der Waals surface area (Å²) < 4.78 is 19.2. The highest BCUT2D eigenvalue weighted by molar-refractivity contribution is 5.77. The molecule has 1 amide bonds. The lowest BCUT2D eigenvalue weighted by Gasteiger charge is -2.23. The SMILES string of the molecule is Cc1cccc(OCC(=O)N(Cc2ccc(C#N)cc2)Cc2cccc(F)c2)c1. The molecule has 0 bridgehead atoms. The Morgan fingerprint density at radius 2 is 1.72 bits per heavy atom. The summed E-state index contributed by atoms with van der Waals surface area (Å²) in [6.45, 7) is 2.43. The Balaban J connectivity index is 1.74. The van der Waals surface area contributed by atoms with Crippen molar-refractivity contribution in [3.8, 4) is 11.8 Å². The van der Waals surface area contributed by atoms with E-state index < -0.39 is 0 Å². The van der Waals surface area contributed by atoms with Crippen LogP contribution in [0.5, 0.6) is 5.75 Å². The van der Waals surface area contributed by atoms with Gasteiger partial charge in [0.25, 0.3) is 5.91 Å². The summed E-state index contributed by atoms with van der Waals surface area (Å²) in [6, 6.07) is 22.8. The molecule has 0 heterocycles. The number of hydrogen-bond donors (Lipinski definition) is 0. The first-order valence-electron chi connectivity index (χ1n) is 9.24. The van der Waals surface area contributed by atoms with Gasteiger partial charge in [-0.3, -0.25) is 4.79 Å². The number of hydrogen-bond acceptors (Lipinski definition) is 3. The van der Waals surface area contributed by atoms with E-state index in [1.165, 1.54) is 12.1 Å². The summed E-state index contributed by atoms with van der Waals surface area (Å²) in [6.07, 6.45) is 0. The van der Waals surface area contributed by atoms with Gasteiger partial charge in [-0.2, -0.15) is 5.26 Å². The molecule has 3 rings (SSSR count). The van der Waals surface area contributed by atoms with Crippen LogP contribution in [0.1, 0.15) is 22.3 Å². The fourth-order valence-corrected chi connectivity index (χ4v) is 2.93. The van der Waals surface area contributed by atoms with Crippen LogP contribution < -0.4 is 4.74 Å². The van der Waals surface area contributed by atoms with Gasteiger partial charge >= 0.3 is 0 Å². The molecule has 0 aliphatic rings. The van der Waals surface area contributed by atoms with Crippen molar-refractivity contribution < 1.29 is 13.9 Å². The van der Waals surface area contributed by atoms with Crippen LogP contribution in [0.3, 0.4) is 0 Å². The normalized spacial score (nSPS) is 10.2. The van der Waals surface area contributed by atoms with E-state index in [4.69, 9.17) is 10.00 Å². The Hall–Kier alpha value is -3.65. The molecule has 0 saturated carbocycles. The summed E-state index contributed by atoms with van der Waals surface area (Å²) in [5.41, 5.74) is 3.18. The summed E-state index contributed by atoms with van der Waals surface area (Å²) in [5, 5.41) is 8.95. The van der Waals surface area contributed by atoms with Crippen molar-refractivity contribution >= 4 is 5.91 Å². The summed E-state index contributed by atoms with van der Waals surface area (Å²) in [4.78, 5) is 14.5. The lowest BCUT2D eigenvalue weighted by molar-refractivity contribution is -0.134. The van der Waals surface area contributed by atoms with Crippen molar-refractivity contribution in [1.29, 1.82) is 5.26 Å². The molecule has 0 aromatic heterocycles. The molecule has 0 saturated heterocycles. The summed E-state index contributed by atoms with van der Waals surface area (Å²) in [7, 11) is 0. The van der Waals surface area contributed by atoms with Crippen LogP contribution >= 0.6 is 0 Å². The molecule has 146 valence electrons. The van der Waals surface area contributed by atoms with Crippen molar-refractivity contribution in [2.45, 2.75) is 20.0 Å². The lowest BCUT2D eigenvalue weighted by Crippen LogP contribution is -2.34. The zero-order chi connectivity index (χ0) is 20.6. The molecule has 3 aromatic carbocycles. The summed E-state index contributed by atoms with van der Waals surface area (Å²) >= 11 is 0. The average Bonchev–Trinajstić information content (AvgIpc) is 2.72. The van der Waals surface area contributed by atoms with Gasteiger partial charge in [0.15, 0.2) is 6.61 Å². The van der Waals surface area contributed by atoms with Crippen molar-refractivity contribution in [2.24, 2.45) is 0 Å². The van der Waals surface area contributed by atoms with Crippen LogP contribution in [-0.4, -0.2) is 17.4 Å². The minimum absolute atomic E-state index is 0.116. The number of nitriles is 1. The Morgan fingerprint density at radius 1 is 1.00 bits per heavy atom. The molecule has 0 aliphatic heterocycles. The Kier molecular flexibility index (Phi) is 6.59. The van der Waals surface area contributed by atoms with Crippen LogP contribution in [0.4, 0.5) is 4.39 Å². The second-order valence-corrected chi connectivity index (χ2v) is 6.79. The van der Waals surface area contributed by atoms with Crippen LogP contribution in [0.25, 0.3) is 0 Å². The van der Waals surface area contributed by atoms with E-state index in [2.05, 4.69) is 6.07 Å². The molecule has 0 N–H and O–H groups in total. The van der Waals surface area contributed by atoms with Gasteiger partial charge in [-0.1, -0.05) is 36.4 Å². The van der Waals surface area contributed by atoms with E-state index in [0.717, 1.165) is 11.1 Å². The Morgan fingerprint density at radius 3 is 2.41 bits per heavy atom. The standard InChI is InChI=1S/C24H21FN2O2/c1-18-4-2-7-23(12-18)29-17-24(28)27(16-21-5-3-6-22(25)13-21)15-20-10-8-19(14-26)9-11-20/h2-13H,15-17H2,1H3. The van der Waals surface area contributed by atoms with Crippen LogP contribution in [0.15, 0.2) is 72.8 Å². The highest BCUT2D eigenvalue weighted by Gasteiger charge is 2.16. The first kappa shape index (κ1) is 20.1. The largest absolute Gasteiger partial charge is 0.484 e. The minimum Gasteiger partial charge on any atom is -0.484 e. The van der Waals surface area contributed by atoms with Crippen molar-refractivity contribution in [1.82, 2.24) is 4.90 Å². The molecule has 29 heavy (non-hydrogen) atoms. The predicted molar refractivity (Wildman–Crippen MR) is 108 cm³/mol. The maximum Gasteiger partial charge on any atom is 0.261 e. The second kappa shape index (κ2) is 9.52. The number of halogens is 1. The molecule has 4 nitrogen and oxygen atoms in total. The fourth-order valence-electron chi connectivity index (χ4n) is 2.93. The lowest BCUT2D eigenvalue weighted by atomic mass is 10.1. The van der Waals surface area contributed by atoms with Gasteiger partial charge in [-0.05, 0) is 60.0 Å². The van der Waals surface area contributed by atoms with Crippen LogP contribution in [0.2, 0.25) is 0 Å². The zero-order valence-corrected chi connectivity index (χ0v) is 16.1. The Labute approximate surface area is 169 Å². The van der Waals surface area contributed by atoms with E-state index >= 15 is 0 Å². The van der Waals surface area contributed by atoms with Gasteiger partial charge in [0, 0.05) is 13.1 Å². The fraction of sp³-hybridized carbons (Fsp3) is 0.167. The highest BCUT2D eigenvalue weighted by Crippen LogP contribution is 2.15. The number of amides is 1. The molecule has 0 radical (unpaired) electrons. The van der Waals surface area contributed by atoms with E-state index in [0.29, 0.717) is 23.4 Å². The van der Waals surface area contributed by atoms with E-state index in [1.54, 1.807) is 35.2 Å². The number of carbonyl (C=O) groups excluding carboxylic acids is 1. The Bertz CT molecular complexity index is 1030. The van der Waals surface area contributed by atoms with Crippen molar-refractivity contribution in [2.75, 3.05) is 6.61 Å². The average molecular weight is 388 g/mol. The monoisotopic (exact) mass is 388 g/mol. The first-order valence-corrected chi connectivity index (χ1v) is 9.24. The van der Waals surface area contributed by atoms with E-state index in [9.17, 15) is 9.18 Å². The van der Waals surface area contributed by atoms with Gasteiger partial charge in [0.05, 0.1) is 11.6 Å². The van der Waals surface area contributed by atoms with Gasteiger partial charge in [-0.15, -0.1) is 0 Å². The van der Waals surface area contributed by atoms with Gasteiger partial charge in [0.2, 0.25) is 0 Å². The minimum atomic E-state index is -0.343. The number of ether oxygens (including phenoxy) is 1. The highest BCUT2D eigenvalue weighted by atomic mass is 19.1. The third-order valence-corrected chi connectivity index (χ3v) is 4.42. The second-order valence-electron chi connectivity index (χ2n) is 6.79. The number of benzene rings is 3. The third kappa shape index (κ3) is 5.91. The van der Waals surface area contributed by atoms with Crippen molar-refractivity contribution in [3.63, 3.8) is 0 Å². The third-order valence-electron chi connectivity index (χ3n) is 4.42. The molecule has 0 aliphatic carbocycles. The van der Waals surface area contributed by atoms with Crippen LogP contribution in [-0.2, 0) is 17.9 Å². The smallest absolute Gasteiger partial charge is 0.261 e. The zero-order valence-electron chi connectivity index (χ0n) is 16.1. The number of nitrogens with zero attached hydrogens (tertiary/aromatic N) is 2. The maximum absolute atomic E-state index is 13.6. The predicted octanol–water partition coefficient (Wildman–Crippen LogP) is 4.61. The topological polar surface area (TPSA) is 53.3 Å². The molecule has 0 fully saturated rings. The first-order chi connectivity index (χ1) is 14.0. The van der Waals surface area contributed by atoms with Gasteiger partial charge < -0.3 is 9.64 Å². The van der Waals surface area contributed by atoms with Crippen molar-refractivity contribution in [3.05, 3.63) is 101 Å². The molecule has 3 aromatic rings. The molecule has 0 atom stereocenters. The number of aryl methyl sites for hydroxylation is 1. The van der Waals surface area contributed by atoms with Gasteiger partial charge in [0.1, 0.15) is 11.6 Å². The van der Waals surface area contributed by atoms with E-state index in [-0.39, 0.29) is 24.9 Å². The molecule has 0 unspecified atom stereocenters. The van der Waals surface area contributed by atoms with Gasteiger partial charge in [-0.25, -0.2) is 4.39 Å². The maximum atomic E-state index is 13.6. The molecular weight excluding hydrogens is 367 g/mol. The molecule has 5 heteroatoms.